The number of nitrogens with one attached hydrogen (secondary N) is 4. The number of hydroxylamine groups is 1. The summed E-state index contributed by atoms with van der Waals surface area (Å²) in [6, 6.07) is 49.4. The number of para-hydroxylation sites is 2. The van der Waals surface area contributed by atoms with Crippen molar-refractivity contribution in [3.05, 3.63) is 201 Å². The van der Waals surface area contributed by atoms with Gasteiger partial charge in [-0.2, -0.15) is 0 Å². The number of amides is 2. The van der Waals surface area contributed by atoms with Gasteiger partial charge in [0.05, 0.1) is 34.5 Å². The predicted molar refractivity (Wildman–Crippen MR) is 441 cm³/mol. The molecule has 0 unspecified atom stereocenters. The Labute approximate surface area is 642 Å². The molecule has 12 rings (SSSR count). The average molecular weight is 1450 g/mol. The predicted octanol–water partition coefficient (Wildman–Crippen LogP) is 24.9. The Bertz CT molecular complexity index is 3750. The molecule has 106 heavy (non-hydrogen) atoms. The van der Waals surface area contributed by atoms with Gasteiger partial charge in [-0.1, -0.05) is 371 Å². The van der Waals surface area contributed by atoms with Crippen molar-refractivity contribution in [3.8, 4) is 5.75 Å². The first-order valence-electron chi connectivity index (χ1n) is 38.9. The molecular weight excluding hydrogens is 1310 g/mol. The molecule has 6 aromatic rings. The van der Waals surface area contributed by atoms with E-state index in [9.17, 15) is 14.4 Å². The van der Waals surface area contributed by atoms with Gasteiger partial charge in [0.15, 0.2) is 11.4 Å². The SMILES string of the molecule is CC(C)(C)C1(C(C)(C)C)NC(=O)c2ccccc21.CC(C)(C)C1(C(C)(C)C)NCc2ccccc21.CC(C)(C)C1(C(C)(C)C)NOc2ccccc21.CC(C)(C)C1(C(C)(C)C)OC(=O)Nc2ccccc21.CC(C)(C)C1(C(C)(C)C)OC(=O)c2ccccc21.CC(C)(C)C1(C(C)(C)C)OCc2ccccc21. The van der Waals surface area contributed by atoms with Gasteiger partial charge in [-0.25, -0.2) is 9.59 Å². The van der Waals surface area contributed by atoms with Gasteiger partial charge in [-0.05, 0) is 95.4 Å². The summed E-state index contributed by atoms with van der Waals surface area (Å²) >= 11 is 0. The lowest BCUT2D eigenvalue weighted by atomic mass is 9.57. The number of carbonyl (C=O) groups excluding carboxylic acids is 3. The van der Waals surface area contributed by atoms with Crippen LogP contribution in [0.5, 0.6) is 5.75 Å². The van der Waals surface area contributed by atoms with Crippen LogP contribution in [0.15, 0.2) is 146 Å². The maximum absolute atomic E-state index is 12.3. The standard InChI is InChI=1S/C16H23NO2.C16H23NO.C16H25N.C16H22O2.C16H24O.C15H23NO/c1-14(2,3)16(15(4,5)6)11-9-7-8-10-12(11)17-13(18)19-16;1-14(2,3)16(15(4,5)6)12-10-8-7-9-11(12)13(18)17-16;1-14(2,3)16(15(4,5)6)13-10-8-7-9-12(13)11-17-16;1-14(2,3)16(15(4,5)6)12-10-8-7-9-11(12)13(17)18-16;1-14(2,3)16(15(4,5)6)13-10-8-7-9-12(13)11-17-16;1-13(2,3)15(14(4,5)6)11-9-7-8-10-12(11)17-16-15/h7-10H,1-6H3,(H,17,18);7-10H,1-6H3,(H,17,18);7-10,17H,11H2,1-6H3;7-10H,1-6H3;7-10H,11H2,1-6H3;7-10,16H,1-6H3. The van der Waals surface area contributed by atoms with Crippen molar-refractivity contribution >= 4 is 23.7 Å². The monoisotopic (exact) mass is 1450 g/mol. The first-order chi connectivity index (χ1) is 47.9. The molecule has 0 fully saturated rings. The fraction of sp³-hybridized carbons (Fsp3) is 0.589. The molecule has 11 nitrogen and oxygen atoms in total. The third-order valence-electron chi connectivity index (χ3n) is 23.9. The number of fused-ring (bicyclic) bond motifs is 6. The zero-order valence-corrected chi connectivity index (χ0v) is 72.6. The Morgan fingerprint density at radius 2 is 0.670 bits per heavy atom. The minimum absolute atomic E-state index is 0.0481. The molecule has 0 aromatic heterocycles. The highest BCUT2D eigenvalue weighted by molar-refractivity contribution is 6.00. The van der Waals surface area contributed by atoms with Gasteiger partial charge in [0, 0.05) is 50.5 Å². The van der Waals surface area contributed by atoms with Gasteiger partial charge in [-0.3, -0.25) is 10.1 Å². The number of anilines is 1. The number of carbonyl (C=O) groups is 3. The molecule has 6 heterocycles. The fourth-order valence-electron chi connectivity index (χ4n) is 21.3. The lowest BCUT2D eigenvalue weighted by Crippen LogP contribution is -2.58. The second kappa shape index (κ2) is 28.6. The van der Waals surface area contributed by atoms with Crippen LogP contribution in [0.1, 0.15) is 314 Å². The van der Waals surface area contributed by atoms with E-state index in [1.165, 1.54) is 27.8 Å². The van der Waals surface area contributed by atoms with Gasteiger partial charge >= 0.3 is 12.1 Å². The Morgan fingerprint density at radius 1 is 0.311 bits per heavy atom. The summed E-state index contributed by atoms with van der Waals surface area (Å²) in [5, 5.41) is 9.89. The van der Waals surface area contributed by atoms with Crippen molar-refractivity contribution in [1.82, 2.24) is 16.1 Å². The molecule has 0 saturated carbocycles. The number of hydrogen-bond acceptors (Lipinski definition) is 9. The van der Waals surface area contributed by atoms with E-state index in [1.54, 1.807) is 0 Å². The zero-order valence-electron chi connectivity index (χ0n) is 72.6. The van der Waals surface area contributed by atoms with Crippen molar-refractivity contribution in [3.63, 3.8) is 0 Å². The molecule has 0 bridgehead atoms. The molecule has 0 saturated heterocycles. The van der Waals surface area contributed by atoms with Crippen LogP contribution in [0.4, 0.5) is 10.5 Å². The number of benzene rings is 6. The maximum atomic E-state index is 12.3. The van der Waals surface area contributed by atoms with E-state index in [0.29, 0.717) is 5.56 Å². The van der Waals surface area contributed by atoms with E-state index < -0.39 is 11.2 Å². The van der Waals surface area contributed by atoms with Crippen LogP contribution in [0.25, 0.3) is 0 Å². The minimum Gasteiger partial charge on any atom is -0.449 e. The summed E-state index contributed by atoms with van der Waals surface area (Å²) < 4.78 is 18.1. The van der Waals surface area contributed by atoms with Gasteiger partial charge < -0.3 is 29.7 Å². The second-order valence-corrected chi connectivity index (χ2v) is 42.9. The number of cyclic esters (lactones) is 2. The van der Waals surface area contributed by atoms with E-state index in [0.717, 1.165) is 46.8 Å². The van der Waals surface area contributed by atoms with E-state index in [4.69, 9.17) is 19.0 Å². The van der Waals surface area contributed by atoms with Crippen molar-refractivity contribution in [2.24, 2.45) is 65.0 Å². The Morgan fingerprint density at radius 3 is 1.12 bits per heavy atom. The molecular formula is C95H140N4O7. The van der Waals surface area contributed by atoms with E-state index in [2.05, 4.69) is 337 Å². The summed E-state index contributed by atoms with van der Waals surface area (Å²) in [7, 11) is 0. The van der Waals surface area contributed by atoms with E-state index in [1.807, 2.05) is 78.9 Å². The molecule has 0 atom stereocenters. The molecule has 6 aromatic carbocycles. The lowest BCUT2D eigenvalue weighted by Gasteiger charge is -2.54. The summed E-state index contributed by atoms with van der Waals surface area (Å²) in [5.74, 6) is 0.809. The Balaban J connectivity index is 0.000000178. The van der Waals surface area contributed by atoms with Crippen LogP contribution in [-0.2, 0) is 60.8 Å². The third-order valence-corrected chi connectivity index (χ3v) is 23.9. The highest BCUT2D eigenvalue weighted by atomic mass is 16.7. The molecule has 0 radical (unpaired) electrons. The minimum atomic E-state index is -0.654. The molecule has 6 aliphatic rings. The Kier molecular flexibility index (Phi) is 23.3. The van der Waals surface area contributed by atoms with Crippen LogP contribution >= 0.6 is 0 Å². The van der Waals surface area contributed by atoms with Crippen LogP contribution < -0.4 is 26.3 Å². The topological polar surface area (TPSA) is 136 Å². The summed E-state index contributed by atoms with van der Waals surface area (Å²) in [4.78, 5) is 42.1. The summed E-state index contributed by atoms with van der Waals surface area (Å²) in [5.41, 5.74) is 13.8. The van der Waals surface area contributed by atoms with Crippen molar-refractivity contribution in [2.75, 3.05) is 5.32 Å². The average Bonchev–Trinajstić information content (AvgIpc) is 1.52. The summed E-state index contributed by atoms with van der Waals surface area (Å²) in [6.45, 7) is 81.7. The summed E-state index contributed by atoms with van der Waals surface area (Å²) in [6.07, 6.45) is -0.372. The highest BCUT2D eigenvalue weighted by Gasteiger charge is 2.63. The van der Waals surface area contributed by atoms with E-state index in [-0.39, 0.29) is 105 Å². The first-order valence-corrected chi connectivity index (χ1v) is 38.9. The fourth-order valence-corrected chi connectivity index (χ4v) is 21.3. The third kappa shape index (κ3) is 14.6. The maximum Gasteiger partial charge on any atom is 0.412 e. The number of ether oxygens (including phenoxy) is 3. The smallest absolute Gasteiger partial charge is 0.412 e. The van der Waals surface area contributed by atoms with Gasteiger partial charge in [0.1, 0.15) is 11.2 Å². The number of rotatable bonds is 0. The van der Waals surface area contributed by atoms with Crippen LogP contribution in [0, 0.1) is 65.0 Å². The molecule has 11 heteroatoms. The molecule has 0 spiro atoms. The number of hydrogen-bond donors (Lipinski definition) is 4. The number of esters is 1. The van der Waals surface area contributed by atoms with Crippen molar-refractivity contribution in [1.29, 1.82) is 0 Å². The van der Waals surface area contributed by atoms with Crippen molar-refractivity contribution < 1.29 is 33.4 Å². The van der Waals surface area contributed by atoms with Gasteiger partial charge in [-0.15, -0.1) is 5.48 Å². The first kappa shape index (κ1) is 86.4. The molecule has 0 aliphatic carbocycles. The highest BCUT2D eigenvalue weighted by Crippen LogP contribution is 2.63. The normalized spacial score (nSPS) is 18.7. The molecule has 6 aliphatic heterocycles. The molecule has 4 N–H and O–H groups in total. The van der Waals surface area contributed by atoms with Crippen LogP contribution in [-0.4, -0.2) is 18.0 Å². The van der Waals surface area contributed by atoms with Crippen molar-refractivity contribution in [2.45, 2.75) is 296 Å². The lowest BCUT2D eigenvalue weighted by molar-refractivity contribution is -0.180. The zero-order chi connectivity index (χ0) is 80.7. The quantitative estimate of drug-likeness (QED) is 0.110. The largest absolute Gasteiger partial charge is 0.449 e. The Hall–Kier alpha value is -6.79. The molecule has 2 amide bonds. The van der Waals surface area contributed by atoms with E-state index >= 15 is 0 Å². The van der Waals surface area contributed by atoms with Gasteiger partial charge in [0.2, 0.25) is 0 Å². The second-order valence-electron chi connectivity index (χ2n) is 42.9. The van der Waals surface area contributed by atoms with Gasteiger partial charge in [0.25, 0.3) is 5.91 Å². The van der Waals surface area contributed by atoms with Crippen LogP contribution in [0.2, 0.25) is 0 Å². The molecule has 582 valence electrons. The van der Waals surface area contributed by atoms with Crippen LogP contribution in [0.3, 0.4) is 0 Å².